The van der Waals surface area contributed by atoms with E-state index in [9.17, 15) is 14.0 Å². The lowest BCUT2D eigenvalue weighted by molar-refractivity contribution is 0.0948. The number of pyridine rings is 2. The number of nitrogens with zero attached hydrogens (tertiary/aromatic N) is 3. The van der Waals surface area contributed by atoms with E-state index in [0.29, 0.717) is 36.4 Å². The van der Waals surface area contributed by atoms with Gasteiger partial charge in [-0.2, -0.15) is 0 Å². The zero-order chi connectivity index (χ0) is 22.7. The molecule has 0 spiro atoms. The fourth-order valence-corrected chi connectivity index (χ4v) is 3.52. The highest BCUT2D eigenvalue weighted by Gasteiger charge is 2.17. The first kappa shape index (κ1) is 21.4. The number of rotatable bonds is 7. The molecule has 0 saturated heterocycles. The van der Waals surface area contributed by atoms with Crippen molar-refractivity contribution in [2.75, 3.05) is 13.7 Å². The van der Waals surface area contributed by atoms with Gasteiger partial charge in [-0.1, -0.05) is 18.2 Å². The lowest BCUT2D eigenvalue weighted by Crippen LogP contribution is -2.35. The van der Waals surface area contributed by atoms with Gasteiger partial charge in [-0.05, 0) is 42.3 Å². The van der Waals surface area contributed by atoms with Crippen LogP contribution < -0.4 is 16.4 Å². The molecule has 2 N–H and O–H groups in total. The topological polar surface area (TPSA) is 101 Å². The standard InChI is InChI=1S/C23H22FN5O3/c1-32-12-4-11-29-20(25)17(22(30)26-14-15-6-8-16(24)9-7-15)13-18-21(29)27-19-5-2-3-10-28(19)23(18)31/h2-3,5-10,13,25H,4,11-12,14H2,1H3,(H,26,30). The van der Waals surface area contributed by atoms with Crippen molar-refractivity contribution in [3.05, 3.63) is 87.5 Å². The van der Waals surface area contributed by atoms with E-state index in [1.165, 1.54) is 22.6 Å². The molecular weight excluding hydrogens is 413 g/mol. The lowest BCUT2D eigenvalue weighted by Gasteiger charge is -2.14. The monoisotopic (exact) mass is 435 g/mol. The van der Waals surface area contributed by atoms with Crippen molar-refractivity contribution in [3.63, 3.8) is 0 Å². The zero-order valence-corrected chi connectivity index (χ0v) is 17.5. The first-order chi connectivity index (χ1) is 15.5. The lowest BCUT2D eigenvalue weighted by atomic mass is 10.1. The Labute approximate surface area is 182 Å². The Bertz CT molecular complexity index is 1410. The van der Waals surface area contributed by atoms with E-state index in [-0.39, 0.29) is 34.4 Å². The van der Waals surface area contributed by atoms with Gasteiger partial charge in [0.25, 0.3) is 11.5 Å². The number of benzene rings is 1. The van der Waals surface area contributed by atoms with Crippen molar-refractivity contribution in [2.24, 2.45) is 0 Å². The number of carbonyl (C=O) groups excluding carboxylic acids is 1. The number of amides is 1. The summed E-state index contributed by atoms with van der Waals surface area (Å²) in [6.07, 6.45) is 2.20. The van der Waals surface area contributed by atoms with Crippen LogP contribution in [-0.4, -0.2) is 33.6 Å². The smallest absolute Gasteiger partial charge is 0.267 e. The Morgan fingerprint density at radius 3 is 2.75 bits per heavy atom. The normalized spacial score (nSPS) is 11.2. The van der Waals surface area contributed by atoms with E-state index in [1.807, 2.05) is 0 Å². The van der Waals surface area contributed by atoms with Crippen LogP contribution in [0.25, 0.3) is 16.7 Å². The number of aryl methyl sites for hydroxylation is 1. The average Bonchev–Trinajstić information content (AvgIpc) is 2.80. The van der Waals surface area contributed by atoms with Gasteiger partial charge in [-0.15, -0.1) is 0 Å². The SMILES string of the molecule is COCCCn1c(=N)c(C(=O)NCc2ccc(F)cc2)cc2c(=O)n3ccccc3nc21. The van der Waals surface area contributed by atoms with E-state index < -0.39 is 5.91 Å². The first-order valence-electron chi connectivity index (χ1n) is 10.1. The van der Waals surface area contributed by atoms with Gasteiger partial charge in [0.05, 0.1) is 10.9 Å². The fraction of sp³-hybridized carbons (Fsp3) is 0.217. The molecule has 0 aliphatic carbocycles. The maximum absolute atomic E-state index is 13.1. The quantitative estimate of drug-likeness (QED) is 0.343. The van der Waals surface area contributed by atoms with E-state index in [2.05, 4.69) is 10.3 Å². The molecule has 4 aromatic rings. The Kier molecular flexibility index (Phi) is 6.09. The third-order valence-electron chi connectivity index (χ3n) is 5.16. The fourth-order valence-electron chi connectivity index (χ4n) is 3.52. The summed E-state index contributed by atoms with van der Waals surface area (Å²) in [5.41, 5.74) is 1.21. The number of ether oxygens (including phenoxy) is 1. The zero-order valence-electron chi connectivity index (χ0n) is 17.5. The molecule has 164 valence electrons. The second-order valence-electron chi connectivity index (χ2n) is 7.30. The molecule has 3 aromatic heterocycles. The molecular formula is C23H22FN5O3. The van der Waals surface area contributed by atoms with Gasteiger partial charge in [0.1, 0.15) is 22.6 Å². The maximum Gasteiger partial charge on any atom is 0.267 e. The summed E-state index contributed by atoms with van der Waals surface area (Å²) >= 11 is 0. The summed E-state index contributed by atoms with van der Waals surface area (Å²) in [5.74, 6) is -0.861. The van der Waals surface area contributed by atoms with Crippen molar-refractivity contribution in [1.82, 2.24) is 19.3 Å². The summed E-state index contributed by atoms with van der Waals surface area (Å²) in [5, 5.41) is 11.6. The van der Waals surface area contributed by atoms with Crippen molar-refractivity contribution >= 4 is 22.6 Å². The molecule has 0 atom stereocenters. The van der Waals surface area contributed by atoms with Gasteiger partial charge in [0.2, 0.25) is 0 Å². The second-order valence-corrected chi connectivity index (χ2v) is 7.30. The highest BCUT2D eigenvalue weighted by molar-refractivity contribution is 5.96. The van der Waals surface area contributed by atoms with Gasteiger partial charge >= 0.3 is 0 Å². The number of carbonyl (C=O) groups is 1. The van der Waals surface area contributed by atoms with Crippen LogP contribution in [0.2, 0.25) is 0 Å². The molecule has 0 saturated carbocycles. The van der Waals surface area contributed by atoms with Gasteiger partial charge in [0, 0.05) is 33.0 Å². The highest BCUT2D eigenvalue weighted by atomic mass is 19.1. The largest absolute Gasteiger partial charge is 0.385 e. The van der Waals surface area contributed by atoms with Crippen LogP contribution in [-0.2, 0) is 17.8 Å². The van der Waals surface area contributed by atoms with E-state index in [0.717, 1.165) is 0 Å². The van der Waals surface area contributed by atoms with Crippen LogP contribution >= 0.6 is 0 Å². The average molecular weight is 435 g/mol. The number of fused-ring (bicyclic) bond motifs is 2. The summed E-state index contributed by atoms with van der Waals surface area (Å²) < 4.78 is 21.2. The van der Waals surface area contributed by atoms with E-state index in [1.54, 1.807) is 48.2 Å². The minimum atomic E-state index is -0.501. The minimum Gasteiger partial charge on any atom is -0.385 e. The second kappa shape index (κ2) is 9.11. The molecule has 1 amide bonds. The number of hydrogen-bond donors (Lipinski definition) is 2. The molecule has 4 rings (SSSR count). The van der Waals surface area contributed by atoms with Crippen LogP contribution in [0.3, 0.4) is 0 Å². The molecule has 0 aliphatic rings. The highest BCUT2D eigenvalue weighted by Crippen LogP contribution is 2.11. The predicted molar refractivity (Wildman–Crippen MR) is 117 cm³/mol. The first-order valence-corrected chi connectivity index (χ1v) is 10.1. The van der Waals surface area contributed by atoms with Crippen molar-refractivity contribution in [3.8, 4) is 0 Å². The summed E-state index contributed by atoms with van der Waals surface area (Å²) in [7, 11) is 1.59. The molecule has 32 heavy (non-hydrogen) atoms. The Morgan fingerprint density at radius 1 is 1.22 bits per heavy atom. The molecule has 0 bridgehead atoms. The number of methoxy groups -OCH3 is 1. The van der Waals surface area contributed by atoms with Crippen LogP contribution in [0.4, 0.5) is 4.39 Å². The molecule has 0 fully saturated rings. The van der Waals surface area contributed by atoms with Crippen molar-refractivity contribution < 1.29 is 13.9 Å². The molecule has 8 nitrogen and oxygen atoms in total. The summed E-state index contributed by atoms with van der Waals surface area (Å²) in [6.45, 7) is 0.981. The van der Waals surface area contributed by atoms with Crippen LogP contribution in [0, 0.1) is 11.2 Å². The summed E-state index contributed by atoms with van der Waals surface area (Å²) in [4.78, 5) is 30.6. The maximum atomic E-state index is 13.1. The van der Waals surface area contributed by atoms with Gasteiger partial charge in [-0.25, -0.2) is 9.37 Å². The number of hydrogen-bond acceptors (Lipinski definition) is 5. The molecule has 0 aliphatic heterocycles. The van der Waals surface area contributed by atoms with Gasteiger partial charge in [-0.3, -0.25) is 19.4 Å². The van der Waals surface area contributed by atoms with Crippen molar-refractivity contribution in [1.29, 1.82) is 5.41 Å². The van der Waals surface area contributed by atoms with E-state index >= 15 is 0 Å². The van der Waals surface area contributed by atoms with Crippen LogP contribution in [0.5, 0.6) is 0 Å². The van der Waals surface area contributed by atoms with Gasteiger partial charge < -0.3 is 14.6 Å². The molecule has 9 heteroatoms. The predicted octanol–water partition coefficient (Wildman–Crippen LogP) is 2.23. The Morgan fingerprint density at radius 2 is 2.00 bits per heavy atom. The number of aromatic nitrogens is 3. The third-order valence-corrected chi connectivity index (χ3v) is 5.16. The molecule has 1 aromatic carbocycles. The van der Waals surface area contributed by atoms with Crippen LogP contribution in [0.1, 0.15) is 22.3 Å². The van der Waals surface area contributed by atoms with Crippen LogP contribution in [0.15, 0.2) is 59.5 Å². The number of halogens is 1. The third kappa shape index (κ3) is 4.15. The Hall–Kier alpha value is -3.85. The Balaban J connectivity index is 1.80. The summed E-state index contributed by atoms with van der Waals surface area (Å²) in [6, 6.07) is 12.4. The molecule has 0 unspecified atom stereocenters. The molecule has 3 heterocycles. The minimum absolute atomic E-state index is 0.0441. The van der Waals surface area contributed by atoms with Crippen molar-refractivity contribution in [2.45, 2.75) is 19.5 Å². The number of nitrogens with one attached hydrogen (secondary N) is 2. The van der Waals surface area contributed by atoms with Gasteiger partial charge in [0.15, 0.2) is 0 Å². The van der Waals surface area contributed by atoms with E-state index in [4.69, 9.17) is 10.1 Å². The molecule has 0 radical (unpaired) electrons.